The van der Waals surface area contributed by atoms with Crippen LogP contribution in [-0.2, 0) is 0 Å². The molecule has 0 aliphatic carbocycles. The van der Waals surface area contributed by atoms with Crippen LogP contribution in [0.1, 0.15) is 33.1 Å². The van der Waals surface area contributed by atoms with Crippen LogP contribution in [0.3, 0.4) is 0 Å². The fourth-order valence-corrected chi connectivity index (χ4v) is 1.81. The first-order chi connectivity index (χ1) is 3.91. The van der Waals surface area contributed by atoms with Gasteiger partial charge in [-0.3, -0.25) is 0 Å². The zero-order chi connectivity index (χ0) is 6.24. The molecule has 0 saturated carbocycles. The lowest BCUT2D eigenvalue weighted by Crippen LogP contribution is -1.76. The fraction of sp³-hybridized carbons (Fsp3) is 1.00. The SMILES string of the molecule is CCCCPCCC.Cl. The van der Waals surface area contributed by atoms with Crippen molar-refractivity contribution in [2.24, 2.45) is 0 Å². The van der Waals surface area contributed by atoms with Crippen LogP contribution >= 0.6 is 21.0 Å². The van der Waals surface area contributed by atoms with E-state index in [0.29, 0.717) is 0 Å². The van der Waals surface area contributed by atoms with Crippen molar-refractivity contribution < 1.29 is 0 Å². The van der Waals surface area contributed by atoms with Crippen molar-refractivity contribution in [1.82, 2.24) is 0 Å². The van der Waals surface area contributed by atoms with E-state index in [2.05, 4.69) is 13.8 Å². The van der Waals surface area contributed by atoms with Gasteiger partial charge >= 0.3 is 0 Å². The molecule has 1 atom stereocenters. The summed E-state index contributed by atoms with van der Waals surface area (Å²) in [6.45, 7) is 4.52. The first kappa shape index (κ1) is 12.4. The zero-order valence-electron chi connectivity index (χ0n) is 6.44. The molecule has 9 heavy (non-hydrogen) atoms. The van der Waals surface area contributed by atoms with Crippen LogP contribution in [0.25, 0.3) is 0 Å². The molecule has 1 unspecified atom stereocenters. The maximum atomic E-state index is 2.26. The van der Waals surface area contributed by atoms with E-state index in [1.54, 1.807) is 0 Å². The Morgan fingerprint density at radius 3 is 2.11 bits per heavy atom. The third kappa shape index (κ3) is 12.0. The van der Waals surface area contributed by atoms with E-state index in [-0.39, 0.29) is 12.4 Å². The molecule has 0 aromatic rings. The van der Waals surface area contributed by atoms with Gasteiger partial charge in [0.2, 0.25) is 0 Å². The molecule has 0 aliphatic rings. The molecule has 0 fully saturated rings. The highest BCUT2D eigenvalue weighted by atomic mass is 35.5. The van der Waals surface area contributed by atoms with Gasteiger partial charge in [-0.05, 0) is 18.7 Å². The van der Waals surface area contributed by atoms with Gasteiger partial charge in [0.25, 0.3) is 0 Å². The average Bonchev–Trinajstić information content (AvgIpc) is 1.81. The summed E-state index contributed by atoms with van der Waals surface area (Å²) in [4.78, 5) is 0. The molecule has 0 heterocycles. The first-order valence-corrected chi connectivity index (χ1v) is 5.04. The average molecular weight is 169 g/mol. The lowest BCUT2D eigenvalue weighted by atomic mass is 10.4. The summed E-state index contributed by atoms with van der Waals surface area (Å²) in [5.74, 6) is 0. The smallest absolute Gasteiger partial charge is 0.0354 e. The van der Waals surface area contributed by atoms with Gasteiger partial charge in [-0.2, -0.15) is 0 Å². The predicted octanol–water partition coefficient (Wildman–Crippen LogP) is 3.30. The Bertz CT molecular complexity index is 33.9. The van der Waals surface area contributed by atoms with Gasteiger partial charge in [0, 0.05) is 0 Å². The maximum Gasteiger partial charge on any atom is -0.0354 e. The molecule has 0 nitrogen and oxygen atoms in total. The second-order valence-electron chi connectivity index (χ2n) is 2.10. The van der Waals surface area contributed by atoms with Crippen LogP contribution < -0.4 is 0 Å². The quantitative estimate of drug-likeness (QED) is 0.437. The van der Waals surface area contributed by atoms with Crippen LogP contribution in [0, 0.1) is 0 Å². The molecule has 58 valence electrons. The molecule has 0 saturated heterocycles. The van der Waals surface area contributed by atoms with Crippen LogP contribution in [0.4, 0.5) is 0 Å². The summed E-state index contributed by atoms with van der Waals surface area (Å²) in [6.07, 6.45) is 7.13. The van der Waals surface area contributed by atoms with E-state index in [1.807, 2.05) is 0 Å². The van der Waals surface area contributed by atoms with Crippen LogP contribution in [0.15, 0.2) is 0 Å². The van der Waals surface area contributed by atoms with Gasteiger partial charge in [0.15, 0.2) is 0 Å². The normalized spacial score (nSPS) is 10.0. The second kappa shape index (κ2) is 11.5. The number of halogens is 1. The minimum atomic E-state index is 0. The predicted molar refractivity (Wildman–Crippen MR) is 50.5 cm³/mol. The van der Waals surface area contributed by atoms with E-state index in [4.69, 9.17) is 0 Å². The van der Waals surface area contributed by atoms with Gasteiger partial charge in [-0.1, -0.05) is 26.7 Å². The molecular formula is C7H18ClP. The van der Waals surface area contributed by atoms with Crippen molar-refractivity contribution in [2.45, 2.75) is 33.1 Å². The third-order valence-corrected chi connectivity index (χ3v) is 2.69. The fourth-order valence-electron chi connectivity index (χ4n) is 0.604. The lowest BCUT2D eigenvalue weighted by molar-refractivity contribution is 0.892. The first-order valence-electron chi connectivity index (χ1n) is 3.62. The molecule has 0 amide bonds. The van der Waals surface area contributed by atoms with Gasteiger partial charge in [0.1, 0.15) is 0 Å². The van der Waals surface area contributed by atoms with Gasteiger partial charge in [0.05, 0.1) is 0 Å². The van der Waals surface area contributed by atoms with Gasteiger partial charge < -0.3 is 0 Å². The molecular weight excluding hydrogens is 151 g/mol. The molecule has 0 rings (SSSR count). The molecule has 0 aromatic heterocycles. The topological polar surface area (TPSA) is 0 Å². The molecule has 0 spiro atoms. The Labute approximate surface area is 67.0 Å². The summed E-state index contributed by atoms with van der Waals surface area (Å²) in [5.41, 5.74) is 0. The number of rotatable bonds is 5. The molecule has 0 bridgehead atoms. The zero-order valence-corrected chi connectivity index (χ0v) is 8.26. The van der Waals surface area contributed by atoms with E-state index >= 15 is 0 Å². The van der Waals surface area contributed by atoms with E-state index in [9.17, 15) is 0 Å². The largest absolute Gasteiger partial charge is 0.147 e. The summed E-state index contributed by atoms with van der Waals surface area (Å²) in [6, 6.07) is 0. The van der Waals surface area contributed by atoms with E-state index in [0.717, 1.165) is 0 Å². The standard InChI is InChI=1S/C7H17P.ClH/c1-3-5-7-8-6-4-2;/h8H,3-7H2,1-2H3;1H. The Hall–Kier alpha value is 0.720. The molecule has 2 heteroatoms. The Morgan fingerprint density at radius 2 is 1.67 bits per heavy atom. The number of hydrogen-bond donors (Lipinski definition) is 0. The number of unbranched alkanes of at least 4 members (excludes halogenated alkanes) is 1. The Morgan fingerprint density at radius 1 is 1.00 bits per heavy atom. The second-order valence-corrected chi connectivity index (χ2v) is 3.60. The van der Waals surface area contributed by atoms with Crippen LogP contribution in [-0.4, -0.2) is 12.3 Å². The Kier molecular flexibility index (Phi) is 15.9. The van der Waals surface area contributed by atoms with Gasteiger partial charge in [-0.15, -0.1) is 21.0 Å². The summed E-state index contributed by atoms with van der Waals surface area (Å²) in [7, 11) is 1.24. The van der Waals surface area contributed by atoms with Crippen LogP contribution in [0.5, 0.6) is 0 Å². The molecule has 0 N–H and O–H groups in total. The molecule has 0 aromatic carbocycles. The van der Waals surface area contributed by atoms with Crippen molar-refractivity contribution in [3.8, 4) is 0 Å². The van der Waals surface area contributed by atoms with Crippen molar-refractivity contribution >= 4 is 21.0 Å². The minimum Gasteiger partial charge on any atom is -0.147 e. The van der Waals surface area contributed by atoms with E-state index in [1.165, 1.54) is 40.2 Å². The molecule has 0 radical (unpaired) electrons. The minimum absolute atomic E-state index is 0. The van der Waals surface area contributed by atoms with E-state index < -0.39 is 0 Å². The molecule has 0 aliphatic heterocycles. The lowest BCUT2D eigenvalue weighted by Gasteiger charge is -1.94. The number of hydrogen-bond acceptors (Lipinski definition) is 0. The van der Waals surface area contributed by atoms with Crippen LogP contribution in [0.2, 0.25) is 0 Å². The highest BCUT2D eigenvalue weighted by molar-refractivity contribution is 7.37. The summed E-state index contributed by atoms with van der Waals surface area (Å²) >= 11 is 0. The van der Waals surface area contributed by atoms with Gasteiger partial charge in [-0.25, -0.2) is 0 Å². The van der Waals surface area contributed by atoms with Crippen molar-refractivity contribution in [3.63, 3.8) is 0 Å². The van der Waals surface area contributed by atoms with Crippen molar-refractivity contribution in [3.05, 3.63) is 0 Å². The monoisotopic (exact) mass is 168 g/mol. The maximum absolute atomic E-state index is 2.26. The van der Waals surface area contributed by atoms with Crippen molar-refractivity contribution in [1.29, 1.82) is 0 Å². The van der Waals surface area contributed by atoms with Crippen molar-refractivity contribution in [2.75, 3.05) is 12.3 Å². The highest BCUT2D eigenvalue weighted by Crippen LogP contribution is 2.12. The highest BCUT2D eigenvalue weighted by Gasteiger charge is 1.82. The third-order valence-electron chi connectivity index (χ3n) is 1.13. The summed E-state index contributed by atoms with van der Waals surface area (Å²) in [5, 5.41) is 0. The Balaban J connectivity index is 0. The summed E-state index contributed by atoms with van der Waals surface area (Å²) < 4.78 is 0.